The minimum atomic E-state index is -0.617. The summed E-state index contributed by atoms with van der Waals surface area (Å²) in [5, 5.41) is 9.05. The van der Waals surface area contributed by atoms with Crippen molar-refractivity contribution in [3.05, 3.63) is 0 Å². The summed E-state index contributed by atoms with van der Waals surface area (Å²) >= 11 is 0. The van der Waals surface area contributed by atoms with Gasteiger partial charge in [-0.15, -0.1) is 24.8 Å². The number of carboxylic acids is 1. The molecule has 0 aliphatic heterocycles. The molecule has 0 atom stereocenters. The molecule has 5 heteroatoms. The zero-order valence-electron chi connectivity index (χ0n) is 8.20. The number of rotatable bonds is 4. The second-order valence-electron chi connectivity index (χ2n) is 3.68. The standard InChI is InChI=1S/C9H17NO2.2ClH/c10-7-3-6-9(8(11)12)4-1-2-5-9;;/h1-7,10H2,(H,11,12);2*1H. The van der Waals surface area contributed by atoms with Gasteiger partial charge in [-0.2, -0.15) is 0 Å². The van der Waals surface area contributed by atoms with Crippen molar-refractivity contribution in [3.8, 4) is 0 Å². The van der Waals surface area contributed by atoms with E-state index in [0.717, 1.165) is 38.5 Å². The topological polar surface area (TPSA) is 63.3 Å². The van der Waals surface area contributed by atoms with Gasteiger partial charge in [-0.25, -0.2) is 0 Å². The predicted octanol–water partition coefficient (Wildman–Crippen LogP) is 2.21. The van der Waals surface area contributed by atoms with Crippen LogP contribution in [0.4, 0.5) is 0 Å². The van der Waals surface area contributed by atoms with Crippen LogP contribution in [0.1, 0.15) is 38.5 Å². The summed E-state index contributed by atoms with van der Waals surface area (Å²) in [6.07, 6.45) is 5.43. The van der Waals surface area contributed by atoms with Gasteiger partial charge in [0.1, 0.15) is 0 Å². The van der Waals surface area contributed by atoms with Gasteiger partial charge in [0, 0.05) is 0 Å². The number of nitrogens with two attached hydrogens (primary N) is 1. The summed E-state index contributed by atoms with van der Waals surface area (Å²) in [4.78, 5) is 11.0. The Balaban J connectivity index is 0. The number of hydrogen-bond donors (Lipinski definition) is 2. The average molecular weight is 244 g/mol. The molecule has 3 nitrogen and oxygen atoms in total. The van der Waals surface area contributed by atoms with Crippen molar-refractivity contribution in [1.82, 2.24) is 0 Å². The number of aliphatic carboxylic acids is 1. The van der Waals surface area contributed by atoms with Gasteiger partial charge < -0.3 is 10.8 Å². The molecule has 0 aromatic heterocycles. The largest absolute Gasteiger partial charge is 0.481 e. The van der Waals surface area contributed by atoms with Gasteiger partial charge in [-0.3, -0.25) is 4.79 Å². The van der Waals surface area contributed by atoms with E-state index in [0.29, 0.717) is 6.54 Å². The molecule has 3 N–H and O–H groups in total. The summed E-state index contributed by atoms with van der Waals surface area (Å²) < 4.78 is 0. The van der Waals surface area contributed by atoms with Crippen LogP contribution in [0.5, 0.6) is 0 Å². The maximum absolute atomic E-state index is 11.0. The zero-order chi connectivity index (χ0) is 9.03. The molecule has 14 heavy (non-hydrogen) atoms. The van der Waals surface area contributed by atoms with Crippen molar-refractivity contribution in [2.24, 2.45) is 11.1 Å². The van der Waals surface area contributed by atoms with E-state index in [1.165, 1.54) is 0 Å². The van der Waals surface area contributed by atoms with Crippen molar-refractivity contribution in [3.63, 3.8) is 0 Å². The van der Waals surface area contributed by atoms with E-state index < -0.39 is 11.4 Å². The Hall–Kier alpha value is 0.01000. The van der Waals surface area contributed by atoms with Gasteiger partial charge in [-0.05, 0) is 32.2 Å². The predicted molar refractivity (Wildman–Crippen MR) is 61.3 cm³/mol. The summed E-state index contributed by atoms with van der Waals surface area (Å²) in [6, 6.07) is 0. The molecule has 1 aliphatic rings. The van der Waals surface area contributed by atoms with Crippen LogP contribution in [0, 0.1) is 5.41 Å². The molecule has 86 valence electrons. The van der Waals surface area contributed by atoms with Gasteiger partial charge in [0.15, 0.2) is 0 Å². The molecule has 0 bridgehead atoms. The van der Waals surface area contributed by atoms with Crippen LogP contribution in [-0.4, -0.2) is 17.6 Å². The van der Waals surface area contributed by atoms with Crippen LogP contribution < -0.4 is 5.73 Å². The molecule has 0 saturated heterocycles. The van der Waals surface area contributed by atoms with Crippen molar-refractivity contribution >= 4 is 30.8 Å². The van der Waals surface area contributed by atoms with Crippen molar-refractivity contribution in [2.45, 2.75) is 38.5 Å². The highest BCUT2D eigenvalue weighted by Gasteiger charge is 2.40. The fourth-order valence-corrected chi connectivity index (χ4v) is 2.06. The lowest BCUT2D eigenvalue weighted by Gasteiger charge is -2.22. The Morgan fingerprint density at radius 3 is 2.14 bits per heavy atom. The third kappa shape index (κ3) is 3.64. The molecule has 0 heterocycles. The van der Waals surface area contributed by atoms with Crippen LogP contribution in [0.15, 0.2) is 0 Å². The maximum atomic E-state index is 11.0. The highest BCUT2D eigenvalue weighted by atomic mass is 35.5. The highest BCUT2D eigenvalue weighted by molar-refractivity contribution is 5.85. The first-order chi connectivity index (χ1) is 5.71. The monoisotopic (exact) mass is 243 g/mol. The van der Waals surface area contributed by atoms with E-state index in [2.05, 4.69) is 0 Å². The molecule has 0 radical (unpaired) electrons. The van der Waals surface area contributed by atoms with Crippen molar-refractivity contribution < 1.29 is 9.90 Å². The summed E-state index contributed by atoms with van der Waals surface area (Å²) in [5.74, 6) is -0.617. The van der Waals surface area contributed by atoms with Gasteiger partial charge in [0.25, 0.3) is 0 Å². The molecule has 1 fully saturated rings. The number of carbonyl (C=O) groups is 1. The third-order valence-electron chi connectivity index (χ3n) is 2.87. The molecular weight excluding hydrogens is 225 g/mol. The molecule has 1 aliphatic carbocycles. The van der Waals surface area contributed by atoms with Crippen LogP contribution in [0.25, 0.3) is 0 Å². The smallest absolute Gasteiger partial charge is 0.309 e. The number of hydrogen-bond acceptors (Lipinski definition) is 2. The quantitative estimate of drug-likeness (QED) is 0.796. The Morgan fingerprint density at radius 1 is 1.29 bits per heavy atom. The van der Waals surface area contributed by atoms with E-state index >= 15 is 0 Å². The fourth-order valence-electron chi connectivity index (χ4n) is 2.06. The minimum absolute atomic E-state index is 0. The molecule has 0 amide bonds. The van der Waals surface area contributed by atoms with E-state index in [1.54, 1.807) is 0 Å². The number of halogens is 2. The van der Waals surface area contributed by atoms with Crippen LogP contribution >= 0.6 is 24.8 Å². The Kier molecular flexibility index (Phi) is 8.60. The molecule has 0 aromatic rings. The Labute approximate surface area is 97.3 Å². The maximum Gasteiger partial charge on any atom is 0.309 e. The molecule has 0 aromatic carbocycles. The molecular formula is C9H19Cl2NO2. The van der Waals surface area contributed by atoms with Crippen LogP contribution in [0.3, 0.4) is 0 Å². The number of carboxylic acid groups (broad SMARTS) is 1. The van der Waals surface area contributed by atoms with Crippen LogP contribution in [0.2, 0.25) is 0 Å². The van der Waals surface area contributed by atoms with Crippen LogP contribution in [-0.2, 0) is 4.79 Å². The molecule has 1 rings (SSSR count). The summed E-state index contributed by atoms with van der Waals surface area (Å²) in [5.41, 5.74) is 4.96. The SMILES string of the molecule is Cl.Cl.NCCCC1(C(=O)O)CCCC1. The lowest BCUT2D eigenvalue weighted by molar-refractivity contribution is -0.149. The summed E-state index contributed by atoms with van der Waals surface area (Å²) in [7, 11) is 0. The second-order valence-corrected chi connectivity index (χ2v) is 3.68. The first kappa shape index (κ1) is 16.4. The lowest BCUT2D eigenvalue weighted by Crippen LogP contribution is -2.28. The molecule has 0 unspecified atom stereocenters. The third-order valence-corrected chi connectivity index (χ3v) is 2.87. The highest BCUT2D eigenvalue weighted by Crippen LogP contribution is 2.41. The van der Waals surface area contributed by atoms with Gasteiger partial charge in [-0.1, -0.05) is 12.8 Å². The Morgan fingerprint density at radius 2 is 1.79 bits per heavy atom. The van der Waals surface area contributed by atoms with E-state index in [-0.39, 0.29) is 24.8 Å². The van der Waals surface area contributed by atoms with Gasteiger partial charge in [0.05, 0.1) is 5.41 Å². The van der Waals surface area contributed by atoms with E-state index in [4.69, 9.17) is 10.8 Å². The molecule has 1 saturated carbocycles. The van der Waals surface area contributed by atoms with E-state index in [9.17, 15) is 4.79 Å². The Bertz CT molecular complexity index is 170. The fraction of sp³-hybridized carbons (Fsp3) is 0.889. The van der Waals surface area contributed by atoms with Gasteiger partial charge in [0.2, 0.25) is 0 Å². The first-order valence-corrected chi connectivity index (χ1v) is 4.65. The van der Waals surface area contributed by atoms with Gasteiger partial charge >= 0.3 is 5.97 Å². The molecule has 0 spiro atoms. The average Bonchev–Trinajstić information content (AvgIpc) is 2.50. The normalized spacial score (nSPS) is 18.1. The van der Waals surface area contributed by atoms with E-state index in [1.807, 2.05) is 0 Å². The van der Waals surface area contributed by atoms with Crippen molar-refractivity contribution in [1.29, 1.82) is 0 Å². The zero-order valence-corrected chi connectivity index (χ0v) is 9.83. The lowest BCUT2D eigenvalue weighted by atomic mass is 9.82. The van der Waals surface area contributed by atoms with Crippen molar-refractivity contribution in [2.75, 3.05) is 6.54 Å². The minimum Gasteiger partial charge on any atom is -0.481 e. The summed E-state index contributed by atoms with van der Waals surface area (Å²) in [6.45, 7) is 0.606. The second kappa shape index (κ2) is 7.32. The first-order valence-electron chi connectivity index (χ1n) is 4.65.